The maximum Gasteiger partial charge on any atom is 0.269 e. The topological polar surface area (TPSA) is 221 Å². The Balaban J connectivity index is 1.05. The average Bonchev–Trinajstić information content (AvgIpc) is 3.14. The molecule has 0 bridgehead atoms. The third-order valence-corrected chi connectivity index (χ3v) is 7.07. The van der Waals surface area contributed by atoms with Gasteiger partial charge in [-0.05, 0) is 98.5 Å². The third-order valence-electron chi connectivity index (χ3n) is 7.07. The summed E-state index contributed by atoms with van der Waals surface area (Å²) >= 11 is 0. The Bertz CT molecular complexity index is 1680. The van der Waals surface area contributed by atoms with Crippen molar-refractivity contribution in [1.82, 2.24) is 21.7 Å². The number of ether oxygens (including phenoxy) is 2. The second-order valence-corrected chi connectivity index (χ2v) is 10.6. The number of unbranched alkanes of at least 4 members (excludes halogenated alkanes) is 3. The van der Waals surface area contributed by atoms with Crippen LogP contribution in [0.2, 0.25) is 0 Å². The van der Waals surface area contributed by atoms with Crippen LogP contribution in [0.5, 0.6) is 11.5 Å². The molecule has 50 heavy (non-hydrogen) atoms. The number of amides is 4. The first kappa shape index (κ1) is 36.0. The van der Waals surface area contributed by atoms with Gasteiger partial charge in [0, 0.05) is 46.5 Å². The highest BCUT2D eigenvalue weighted by Gasteiger charge is 2.13. The lowest BCUT2D eigenvalue weighted by Gasteiger charge is -2.10. The van der Waals surface area contributed by atoms with Gasteiger partial charge in [0.1, 0.15) is 11.5 Å². The number of hydrogen-bond acceptors (Lipinski definition) is 10. The van der Waals surface area contributed by atoms with Crippen LogP contribution in [0.25, 0.3) is 0 Å². The molecule has 0 saturated carbocycles. The number of nitro groups is 2. The summed E-state index contributed by atoms with van der Waals surface area (Å²) in [6, 6.07) is 22.7. The fourth-order valence-corrected chi connectivity index (χ4v) is 4.33. The molecule has 0 radical (unpaired) electrons. The largest absolute Gasteiger partial charge is 0.494 e. The van der Waals surface area contributed by atoms with Gasteiger partial charge in [-0.3, -0.25) is 61.1 Å². The summed E-state index contributed by atoms with van der Waals surface area (Å²) in [5, 5.41) is 21.5. The Kier molecular flexibility index (Phi) is 12.9. The standard InChI is InChI=1S/C34H32N6O10/c41-31(23-5-13-27(14-6-23)39(45)46)35-37-33(43)25-9-17-29(18-10-25)49-21-3-1-2-4-22-50-30-19-11-26(12-20-30)34(44)38-36-32(42)24-7-15-28(16-8-24)40(47)48/h5-20H,1-4,21-22H2,(H,35,41)(H,36,42)(H,37,43)(H,38,44). The van der Waals surface area contributed by atoms with E-state index in [9.17, 15) is 39.4 Å². The van der Waals surface area contributed by atoms with Gasteiger partial charge in [-0.1, -0.05) is 0 Å². The van der Waals surface area contributed by atoms with Crippen molar-refractivity contribution in [2.75, 3.05) is 13.2 Å². The van der Waals surface area contributed by atoms with E-state index < -0.39 is 33.5 Å². The Labute approximate surface area is 285 Å². The van der Waals surface area contributed by atoms with Gasteiger partial charge in [0.25, 0.3) is 35.0 Å². The van der Waals surface area contributed by atoms with Gasteiger partial charge in [0.2, 0.25) is 0 Å². The molecule has 4 aromatic carbocycles. The van der Waals surface area contributed by atoms with Gasteiger partial charge in [0.05, 0.1) is 23.1 Å². The molecule has 4 rings (SSSR count). The molecule has 0 unspecified atom stereocenters. The van der Waals surface area contributed by atoms with E-state index in [1.165, 1.54) is 48.5 Å². The summed E-state index contributed by atoms with van der Waals surface area (Å²) in [7, 11) is 0. The highest BCUT2D eigenvalue weighted by molar-refractivity contribution is 6.00. The lowest BCUT2D eigenvalue weighted by Crippen LogP contribution is -2.41. The van der Waals surface area contributed by atoms with Gasteiger partial charge in [-0.25, -0.2) is 0 Å². The smallest absolute Gasteiger partial charge is 0.269 e. The van der Waals surface area contributed by atoms with Crippen LogP contribution in [0.15, 0.2) is 97.1 Å². The van der Waals surface area contributed by atoms with Crippen molar-refractivity contribution in [2.24, 2.45) is 0 Å². The number of carbonyl (C=O) groups excluding carboxylic acids is 4. The molecule has 0 heterocycles. The zero-order valence-electron chi connectivity index (χ0n) is 26.5. The van der Waals surface area contributed by atoms with E-state index >= 15 is 0 Å². The van der Waals surface area contributed by atoms with Gasteiger partial charge < -0.3 is 9.47 Å². The van der Waals surface area contributed by atoms with E-state index in [1.54, 1.807) is 48.5 Å². The van der Waals surface area contributed by atoms with Crippen molar-refractivity contribution in [3.05, 3.63) is 140 Å². The molecule has 0 aliphatic heterocycles. The second kappa shape index (κ2) is 17.9. The van der Waals surface area contributed by atoms with Gasteiger partial charge >= 0.3 is 0 Å². The highest BCUT2D eigenvalue weighted by atomic mass is 16.6. The minimum atomic E-state index is -0.620. The number of nitrogens with one attached hydrogen (secondary N) is 4. The number of nitro benzene ring substituents is 2. The van der Waals surface area contributed by atoms with E-state index in [0.29, 0.717) is 35.8 Å². The van der Waals surface area contributed by atoms with Crippen molar-refractivity contribution in [2.45, 2.75) is 25.7 Å². The van der Waals surface area contributed by atoms with Crippen LogP contribution in [0.4, 0.5) is 11.4 Å². The molecular weight excluding hydrogens is 652 g/mol. The van der Waals surface area contributed by atoms with Crippen LogP contribution in [0, 0.1) is 20.2 Å². The molecule has 0 saturated heterocycles. The van der Waals surface area contributed by atoms with Crippen molar-refractivity contribution in [3.63, 3.8) is 0 Å². The molecule has 0 aliphatic carbocycles. The number of rotatable bonds is 15. The fraction of sp³-hybridized carbons (Fsp3) is 0.176. The monoisotopic (exact) mass is 684 g/mol. The Morgan fingerprint density at radius 2 is 0.700 bits per heavy atom. The molecule has 0 aromatic heterocycles. The number of carbonyl (C=O) groups is 4. The maximum atomic E-state index is 12.4. The molecule has 258 valence electrons. The predicted octanol–water partition coefficient (Wildman–Crippen LogP) is 4.67. The molecule has 0 spiro atoms. The van der Waals surface area contributed by atoms with Crippen LogP contribution in [-0.4, -0.2) is 46.7 Å². The van der Waals surface area contributed by atoms with Crippen LogP contribution in [0.1, 0.15) is 67.1 Å². The van der Waals surface area contributed by atoms with Gasteiger partial charge in [-0.15, -0.1) is 0 Å². The SMILES string of the molecule is O=C(NNC(=O)c1ccc([N+](=O)[O-])cc1)c1ccc(OCCCCCCOc2ccc(C(=O)NNC(=O)c3ccc([N+](=O)[O-])cc3)cc2)cc1. The summed E-state index contributed by atoms with van der Waals surface area (Å²) < 4.78 is 11.5. The molecule has 4 amide bonds. The van der Waals surface area contributed by atoms with Crippen LogP contribution < -0.4 is 31.2 Å². The first-order valence-electron chi connectivity index (χ1n) is 15.3. The molecule has 0 fully saturated rings. The lowest BCUT2D eigenvalue weighted by atomic mass is 10.2. The summed E-state index contributed by atoms with van der Waals surface area (Å²) in [4.78, 5) is 69.4. The highest BCUT2D eigenvalue weighted by Crippen LogP contribution is 2.16. The van der Waals surface area contributed by atoms with E-state index in [1.807, 2.05) is 0 Å². The quantitative estimate of drug-likeness (QED) is 0.0770. The first-order chi connectivity index (χ1) is 24.1. The summed E-state index contributed by atoms with van der Waals surface area (Å²) in [5.41, 5.74) is 9.72. The summed E-state index contributed by atoms with van der Waals surface area (Å²) in [6.07, 6.45) is 3.43. The number of benzene rings is 4. The normalized spacial score (nSPS) is 10.3. The Hall–Kier alpha value is -6.84. The number of hydrogen-bond donors (Lipinski definition) is 4. The second-order valence-electron chi connectivity index (χ2n) is 10.6. The van der Waals surface area contributed by atoms with Gasteiger partial charge in [-0.2, -0.15) is 0 Å². The van der Waals surface area contributed by atoms with Crippen molar-refractivity contribution in [1.29, 1.82) is 0 Å². The summed E-state index contributed by atoms with van der Waals surface area (Å²) in [5.74, 6) is -1.15. The van der Waals surface area contributed by atoms with Gasteiger partial charge in [0.15, 0.2) is 0 Å². The zero-order valence-corrected chi connectivity index (χ0v) is 26.5. The average molecular weight is 685 g/mol. The molecule has 4 aromatic rings. The van der Waals surface area contributed by atoms with Crippen molar-refractivity contribution >= 4 is 35.0 Å². The van der Waals surface area contributed by atoms with E-state index in [2.05, 4.69) is 21.7 Å². The number of non-ortho nitro benzene ring substituents is 2. The first-order valence-corrected chi connectivity index (χ1v) is 15.3. The minimum absolute atomic E-state index is 0.150. The maximum absolute atomic E-state index is 12.4. The summed E-state index contributed by atoms with van der Waals surface area (Å²) in [6.45, 7) is 0.963. The van der Waals surface area contributed by atoms with Crippen LogP contribution in [0.3, 0.4) is 0 Å². The van der Waals surface area contributed by atoms with E-state index in [-0.39, 0.29) is 22.5 Å². The molecule has 16 nitrogen and oxygen atoms in total. The predicted molar refractivity (Wildman–Crippen MR) is 178 cm³/mol. The van der Waals surface area contributed by atoms with E-state index in [0.717, 1.165) is 25.7 Å². The van der Waals surface area contributed by atoms with E-state index in [4.69, 9.17) is 9.47 Å². The molecular formula is C34H32N6O10. The number of hydrazine groups is 2. The molecule has 4 N–H and O–H groups in total. The molecule has 0 atom stereocenters. The molecule has 0 aliphatic rings. The zero-order chi connectivity index (χ0) is 35.9. The third kappa shape index (κ3) is 10.9. The Morgan fingerprint density at radius 3 is 0.960 bits per heavy atom. The van der Waals surface area contributed by atoms with Crippen LogP contribution >= 0.6 is 0 Å². The van der Waals surface area contributed by atoms with Crippen LogP contribution in [-0.2, 0) is 0 Å². The van der Waals surface area contributed by atoms with Crippen molar-refractivity contribution < 1.29 is 38.5 Å². The Morgan fingerprint density at radius 1 is 0.440 bits per heavy atom. The lowest BCUT2D eigenvalue weighted by molar-refractivity contribution is -0.385. The number of nitrogens with zero attached hydrogens (tertiary/aromatic N) is 2. The fourth-order valence-electron chi connectivity index (χ4n) is 4.33. The molecule has 16 heteroatoms. The minimum Gasteiger partial charge on any atom is -0.494 e. The van der Waals surface area contributed by atoms with Crippen molar-refractivity contribution in [3.8, 4) is 11.5 Å².